The van der Waals surface area contributed by atoms with Crippen molar-refractivity contribution in [3.8, 4) is 11.8 Å². The number of rotatable bonds is 5. The van der Waals surface area contributed by atoms with Crippen LogP contribution in [0.1, 0.15) is 11.3 Å². The molecule has 2 N–H and O–H groups in total. The third-order valence-corrected chi connectivity index (χ3v) is 3.44. The number of amides is 1. The highest BCUT2D eigenvalue weighted by atomic mass is 79.9. The standard InChI is InChI=1S/C14H14BrN3O3/c1-9-4-6-16-13(18-9)21-11-2-3-12(15)10(8-11)5-7-17-14(19)20/h2-4,6,8,17H,5,7H2,1H3,(H,19,20). The summed E-state index contributed by atoms with van der Waals surface area (Å²) >= 11 is 3.43. The van der Waals surface area contributed by atoms with Gasteiger partial charge in [-0.05, 0) is 43.2 Å². The lowest BCUT2D eigenvalue weighted by atomic mass is 10.1. The second-order valence-corrected chi connectivity index (χ2v) is 5.17. The van der Waals surface area contributed by atoms with Crippen molar-refractivity contribution in [1.29, 1.82) is 0 Å². The van der Waals surface area contributed by atoms with Crippen LogP contribution < -0.4 is 10.1 Å². The van der Waals surface area contributed by atoms with E-state index in [1.807, 2.05) is 19.1 Å². The van der Waals surface area contributed by atoms with Crippen molar-refractivity contribution in [1.82, 2.24) is 15.3 Å². The molecular formula is C14H14BrN3O3. The highest BCUT2D eigenvalue weighted by Gasteiger charge is 2.06. The highest BCUT2D eigenvalue weighted by molar-refractivity contribution is 9.10. The van der Waals surface area contributed by atoms with Gasteiger partial charge >= 0.3 is 12.1 Å². The molecule has 2 aromatic rings. The maximum Gasteiger partial charge on any atom is 0.404 e. The fourth-order valence-corrected chi connectivity index (χ4v) is 2.14. The van der Waals surface area contributed by atoms with E-state index in [0.717, 1.165) is 15.7 Å². The van der Waals surface area contributed by atoms with E-state index < -0.39 is 6.09 Å². The molecule has 1 aromatic heterocycles. The van der Waals surface area contributed by atoms with Gasteiger partial charge in [0.1, 0.15) is 5.75 Å². The van der Waals surface area contributed by atoms with Gasteiger partial charge in [0.2, 0.25) is 0 Å². The molecule has 0 radical (unpaired) electrons. The van der Waals surface area contributed by atoms with Gasteiger partial charge < -0.3 is 15.2 Å². The molecule has 0 saturated carbocycles. The van der Waals surface area contributed by atoms with E-state index in [-0.39, 0.29) is 6.01 Å². The fraction of sp³-hybridized carbons (Fsp3) is 0.214. The van der Waals surface area contributed by atoms with Crippen LogP contribution in [0.5, 0.6) is 11.8 Å². The largest absolute Gasteiger partial charge is 0.465 e. The zero-order valence-corrected chi connectivity index (χ0v) is 12.9. The average molecular weight is 352 g/mol. The SMILES string of the molecule is Cc1ccnc(Oc2ccc(Br)c(CCNC(=O)O)c2)n1. The van der Waals surface area contributed by atoms with Gasteiger partial charge in [-0.1, -0.05) is 15.9 Å². The summed E-state index contributed by atoms with van der Waals surface area (Å²) in [4.78, 5) is 18.7. The Balaban J connectivity index is 2.09. The minimum absolute atomic E-state index is 0.284. The van der Waals surface area contributed by atoms with Crippen molar-refractivity contribution in [3.63, 3.8) is 0 Å². The first-order valence-electron chi connectivity index (χ1n) is 6.27. The number of aryl methyl sites for hydroxylation is 1. The molecule has 2 rings (SSSR count). The molecule has 0 aliphatic carbocycles. The molecule has 0 aliphatic rings. The molecule has 1 heterocycles. The Labute approximate surface area is 130 Å². The van der Waals surface area contributed by atoms with E-state index in [1.54, 1.807) is 18.3 Å². The van der Waals surface area contributed by atoms with Crippen LogP contribution in [0.15, 0.2) is 34.9 Å². The average Bonchev–Trinajstić information content (AvgIpc) is 2.42. The second kappa shape index (κ2) is 7.03. The Morgan fingerprint density at radius 1 is 1.43 bits per heavy atom. The number of carbonyl (C=O) groups is 1. The van der Waals surface area contributed by atoms with Crippen molar-refractivity contribution in [2.75, 3.05) is 6.54 Å². The van der Waals surface area contributed by atoms with E-state index in [4.69, 9.17) is 9.84 Å². The lowest BCUT2D eigenvalue weighted by Crippen LogP contribution is -2.23. The minimum atomic E-state index is -1.04. The van der Waals surface area contributed by atoms with E-state index in [0.29, 0.717) is 18.7 Å². The van der Waals surface area contributed by atoms with E-state index >= 15 is 0 Å². The number of ether oxygens (including phenoxy) is 1. The Morgan fingerprint density at radius 3 is 2.95 bits per heavy atom. The highest BCUT2D eigenvalue weighted by Crippen LogP contribution is 2.25. The van der Waals surface area contributed by atoms with E-state index in [1.165, 1.54) is 0 Å². The Kier molecular flexibility index (Phi) is 5.10. The van der Waals surface area contributed by atoms with Gasteiger partial charge in [0.25, 0.3) is 0 Å². The molecule has 1 amide bonds. The molecule has 110 valence electrons. The van der Waals surface area contributed by atoms with Gasteiger partial charge in [-0.15, -0.1) is 0 Å². The topological polar surface area (TPSA) is 84.3 Å². The summed E-state index contributed by atoms with van der Waals surface area (Å²) in [5.41, 5.74) is 1.76. The van der Waals surface area contributed by atoms with Crippen LogP contribution in [0.3, 0.4) is 0 Å². The summed E-state index contributed by atoms with van der Waals surface area (Å²) in [5.74, 6) is 0.606. The first-order chi connectivity index (χ1) is 10.0. The van der Waals surface area contributed by atoms with Gasteiger partial charge in [-0.2, -0.15) is 0 Å². The Morgan fingerprint density at radius 2 is 2.24 bits per heavy atom. The molecule has 6 nitrogen and oxygen atoms in total. The van der Waals surface area contributed by atoms with Crippen LogP contribution in [0.2, 0.25) is 0 Å². The number of hydrogen-bond donors (Lipinski definition) is 2. The van der Waals surface area contributed by atoms with Crippen LogP contribution in [0.25, 0.3) is 0 Å². The molecule has 0 saturated heterocycles. The van der Waals surface area contributed by atoms with Crippen molar-refractivity contribution < 1.29 is 14.6 Å². The molecule has 21 heavy (non-hydrogen) atoms. The third-order valence-electron chi connectivity index (χ3n) is 2.67. The summed E-state index contributed by atoms with van der Waals surface area (Å²) in [6.45, 7) is 2.19. The molecule has 0 bridgehead atoms. The second-order valence-electron chi connectivity index (χ2n) is 4.32. The summed E-state index contributed by atoms with van der Waals surface area (Å²) in [5, 5.41) is 10.9. The Hall–Kier alpha value is -2.15. The number of nitrogens with one attached hydrogen (secondary N) is 1. The number of hydrogen-bond acceptors (Lipinski definition) is 4. The zero-order chi connectivity index (χ0) is 15.2. The number of benzene rings is 1. The van der Waals surface area contributed by atoms with Crippen molar-refractivity contribution in [2.45, 2.75) is 13.3 Å². The van der Waals surface area contributed by atoms with Gasteiger partial charge in [0.15, 0.2) is 0 Å². The molecule has 0 fully saturated rings. The molecule has 0 unspecified atom stereocenters. The lowest BCUT2D eigenvalue weighted by Gasteiger charge is -2.09. The number of nitrogens with zero attached hydrogens (tertiary/aromatic N) is 2. The minimum Gasteiger partial charge on any atom is -0.465 e. The Bertz CT molecular complexity index is 649. The maximum atomic E-state index is 10.5. The normalized spacial score (nSPS) is 10.2. The smallest absolute Gasteiger partial charge is 0.404 e. The van der Waals surface area contributed by atoms with Crippen molar-refractivity contribution in [2.24, 2.45) is 0 Å². The van der Waals surface area contributed by atoms with E-state index in [2.05, 4.69) is 31.2 Å². The molecule has 1 aromatic carbocycles. The van der Waals surface area contributed by atoms with Gasteiger partial charge in [0, 0.05) is 22.9 Å². The third kappa shape index (κ3) is 4.71. The van der Waals surface area contributed by atoms with Crippen LogP contribution >= 0.6 is 15.9 Å². The summed E-state index contributed by atoms with van der Waals surface area (Å²) < 4.78 is 6.50. The van der Waals surface area contributed by atoms with Crippen LogP contribution in [0.4, 0.5) is 4.79 Å². The van der Waals surface area contributed by atoms with Crippen molar-refractivity contribution in [3.05, 3.63) is 46.2 Å². The molecule has 7 heteroatoms. The molecule has 0 atom stereocenters. The summed E-state index contributed by atoms with van der Waals surface area (Å²) in [7, 11) is 0. The van der Waals surface area contributed by atoms with Gasteiger partial charge in [0.05, 0.1) is 0 Å². The summed E-state index contributed by atoms with van der Waals surface area (Å²) in [6, 6.07) is 7.55. The number of halogens is 1. The predicted octanol–water partition coefficient (Wildman–Crippen LogP) is 3.15. The van der Waals surface area contributed by atoms with Gasteiger partial charge in [-0.3, -0.25) is 0 Å². The monoisotopic (exact) mass is 351 g/mol. The number of carboxylic acid groups (broad SMARTS) is 1. The van der Waals surface area contributed by atoms with Crippen molar-refractivity contribution >= 4 is 22.0 Å². The van der Waals surface area contributed by atoms with Crippen LogP contribution in [-0.2, 0) is 6.42 Å². The predicted molar refractivity (Wildman–Crippen MR) is 80.7 cm³/mol. The quantitative estimate of drug-likeness (QED) is 0.864. The van der Waals surface area contributed by atoms with Gasteiger partial charge in [-0.25, -0.2) is 14.8 Å². The lowest BCUT2D eigenvalue weighted by molar-refractivity contribution is 0.194. The van der Waals surface area contributed by atoms with E-state index in [9.17, 15) is 4.79 Å². The number of aromatic nitrogens is 2. The zero-order valence-electron chi connectivity index (χ0n) is 11.3. The molecule has 0 aliphatic heterocycles. The summed E-state index contributed by atoms with van der Waals surface area (Å²) in [6.07, 6.45) is 1.15. The van der Waals surface area contributed by atoms with Crippen LogP contribution in [-0.4, -0.2) is 27.7 Å². The first kappa shape index (κ1) is 15.2. The fourth-order valence-electron chi connectivity index (χ4n) is 1.69. The maximum absolute atomic E-state index is 10.5. The molecular weight excluding hydrogens is 338 g/mol. The first-order valence-corrected chi connectivity index (χ1v) is 7.06. The molecule has 0 spiro atoms. The van der Waals surface area contributed by atoms with Crippen LogP contribution in [0, 0.1) is 6.92 Å².